The van der Waals surface area contributed by atoms with Gasteiger partial charge in [0.1, 0.15) is 11.6 Å². The second-order valence-corrected chi connectivity index (χ2v) is 8.48. The third-order valence-corrected chi connectivity index (χ3v) is 6.20. The molecule has 0 aliphatic heterocycles. The minimum atomic E-state index is -0.191. The minimum absolute atomic E-state index is 0.0535. The molecule has 0 amide bonds. The molecule has 1 aliphatic carbocycles. The van der Waals surface area contributed by atoms with E-state index in [2.05, 4.69) is 15.0 Å². The Balaban J connectivity index is 1.35. The number of hydrogen-bond acceptors (Lipinski definition) is 6. The van der Waals surface area contributed by atoms with E-state index in [1.54, 1.807) is 18.0 Å². The molecule has 150 valence electrons. The summed E-state index contributed by atoms with van der Waals surface area (Å²) in [6.07, 6.45) is 14.4. The molecule has 2 atom stereocenters. The summed E-state index contributed by atoms with van der Waals surface area (Å²) in [5.74, 6) is 2.24. The number of aromatic hydroxyl groups is 1. The molecular weight excluding hydrogens is 384 g/mol. The van der Waals surface area contributed by atoms with Gasteiger partial charge < -0.3 is 5.11 Å². The van der Waals surface area contributed by atoms with Gasteiger partial charge in [-0.2, -0.15) is 0 Å². The molecule has 0 radical (unpaired) electrons. The highest BCUT2D eigenvalue weighted by Gasteiger charge is 2.26. The lowest BCUT2D eigenvalue weighted by atomic mass is 9.97. The molecule has 1 N–H and O–H groups in total. The van der Waals surface area contributed by atoms with Crippen molar-refractivity contribution in [3.8, 4) is 11.4 Å². The largest absolute Gasteiger partial charge is 0.506 e. The lowest BCUT2D eigenvalue weighted by Gasteiger charge is -2.12. The zero-order chi connectivity index (χ0) is 20.2. The highest BCUT2D eigenvalue weighted by atomic mass is 32.2. The summed E-state index contributed by atoms with van der Waals surface area (Å²) in [5.41, 5.74) is 1.50. The first kappa shape index (κ1) is 19.6. The van der Waals surface area contributed by atoms with Gasteiger partial charge in [0.15, 0.2) is 0 Å². The van der Waals surface area contributed by atoms with Gasteiger partial charge in [-0.05, 0) is 62.0 Å². The Bertz CT molecular complexity index is 1020. The van der Waals surface area contributed by atoms with Crippen LogP contribution < -0.4 is 5.56 Å². The average Bonchev–Trinajstić information content (AvgIpc) is 3.18. The van der Waals surface area contributed by atoms with Gasteiger partial charge in [0.05, 0.1) is 18.1 Å². The molecule has 1 aliphatic rings. The molecule has 0 spiro atoms. The van der Waals surface area contributed by atoms with Gasteiger partial charge in [-0.1, -0.05) is 0 Å². The fraction of sp³-hybridized carbons (Fsp3) is 0.364. The molecule has 0 unspecified atom stereocenters. The van der Waals surface area contributed by atoms with E-state index in [9.17, 15) is 9.90 Å². The lowest BCUT2D eigenvalue weighted by Crippen LogP contribution is -2.16. The second kappa shape index (κ2) is 8.78. The quantitative estimate of drug-likeness (QED) is 0.627. The fourth-order valence-electron chi connectivity index (χ4n) is 4.01. The van der Waals surface area contributed by atoms with Crippen molar-refractivity contribution in [1.82, 2.24) is 19.5 Å². The summed E-state index contributed by atoms with van der Waals surface area (Å²) < 4.78 is 1.40. The van der Waals surface area contributed by atoms with Gasteiger partial charge in [0.2, 0.25) is 0 Å². The van der Waals surface area contributed by atoms with E-state index < -0.39 is 0 Å². The zero-order valence-corrected chi connectivity index (χ0v) is 17.2. The molecule has 3 aromatic heterocycles. The van der Waals surface area contributed by atoms with E-state index in [-0.39, 0.29) is 11.3 Å². The van der Waals surface area contributed by atoms with E-state index >= 15 is 0 Å². The summed E-state index contributed by atoms with van der Waals surface area (Å²) >= 11 is 1.66. The summed E-state index contributed by atoms with van der Waals surface area (Å²) in [6.45, 7) is 0. The van der Waals surface area contributed by atoms with Crippen LogP contribution in [0, 0.1) is 11.8 Å². The monoisotopic (exact) mass is 408 g/mol. The molecule has 0 bridgehead atoms. The standard InChI is InChI=1S/C22H24N4O2S/c1-29-20-12-24-21(25-13-20)10-16-3-2-15(8-16)9-17-4-5-18(11-23-17)26-14-19(27)6-7-22(26)28/h4-7,11-16,27H,2-3,8-10H2,1H3/t15-,16-/m0/s1. The van der Waals surface area contributed by atoms with Crippen LogP contribution in [0.5, 0.6) is 5.75 Å². The van der Waals surface area contributed by atoms with Crippen LogP contribution in [0.3, 0.4) is 0 Å². The van der Waals surface area contributed by atoms with E-state index in [4.69, 9.17) is 0 Å². The predicted octanol–water partition coefficient (Wildman–Crippen LogP) is 3.65. The SMILES string of the molecule is CSc1cnc(C[C@H]2CC[C@H](Cc3ccc(-n4cc(O)ccc4=O)cn3)C2)nc1. The molecular formula is C22H24N4O2S. The smallest absolute Gasteiger partial charge is 0.255 e. The number of rotatable bonds is 6. The van der Waals surface area contributed by atoms with Crippen molar-refractivity contribution in [2.45, 2.75) is 37.0 Å². The third kappa shape index (κ3) is 4.85. The first-order valence-corrected chi connectivity index (χ1v) is 11.0. The van der Waals surface area contributed by atoms with Crippen molar-refractivity contribution in [2.24, 2.45) is 11.8 Å². The van der Waals surface area contributed by atoms with Crippen molar-refractivity contribution in [1.29, 1.82) is 0 Å². The number of hydrogen-bond donors (Lipinski definition) is 1. The van der Waals surface area contributed by atoms with Crippen LogP contribution in [0.1, 0.15) is 30.8 Å². The zero-order valence-electron chi connectivity index (χ0n) is 16.4. The maximum absolute atomic E-state index is 12.0. The molecule has 6 nitrogen and oxygen atoms in total. The van der Waals surface area contributed by atoms with Gasteiger partial charge in [-0.3, -0.25) is 14.3 Å². The summed E-state index contributed by atoms with van der Waals surface area (Å²) in [4.78, 5) is 26.6. The van der Waals surface area contributed by atoms with Gasteiger partial charge in [0.25, 0.3) is 5.56 Å². The molecule has 3 heterocycles. The summed E-state index contributed by atoms with van der Waals surface area (Å²) in [7, 11) is 0. The molecule has 29 heavy (non-hydrogen) atoms. The summed E-state index contributed by atoms with van der Waals surface area (Å²) in [6, 6.07) is 6.60. The fourth-order valence-corrected chi connectivity index (χ4v) is 4.33. The van der Waals surface area contributed by atoms with Crippen LogP contribution >= 0.6 is 11.8 Å². The number of aromatic nitrogens is 4. The van der Waals surface area contributed by atoms with Crippen LogP contribution in [0.4, 0.5) is 0 Å². The molecule has 1 fully saturated rings. The van der Waals surface area contributed by atoms with Gasteiger partial charge in [-0.15, -0.1) is 11.8 Å². The second-order valence-electron chi connectivity index (χ2n) is 7.60. The maximum atomic E-state index is 12.0. The van der Waals surface area contributed by atoms with Crippen LogP contribution in [0.15, 0.2) is 58.7 Å². The van der Waals surface area contributed by atoms with Crippen LogP contribution in [-0.4, -0.2) is 30.9 Å². The van der Waals surface area contributed by atoms with Gasteiger partial charge in [0, 0.05) is 35.5 Å². The van der Waals surface area contributed by atoms with Gasteiger partial charge >= 0.3 is 0 Å². The minimum Gasteiger partial charge on any atom is -0.506 e. The van der Waals surface area contributed by atoms with Crippen molar-refractivity contribution < 1.29 is 5.11 Å². The van der Waals surface area contributed by atoms with Crippen LogP contribution in [0.25, 0.3) is 5.69 Å². The topological polar surface area (TPSA) is 80.9 Å². The maximum Gasteiger partial charge on any atom is 0.255 e. The van der Waals surface area contributed by atoms with E-state index in [1.807, 2.05) is 30.8 Å². The van der Waals surface area contributed by atoms with Crippen LogP contribution in [-0.2, 0) is 12.8 Å². The third-order valence-electron chi connectivity index (χ3n) is 5.52. The molecule has 7 heteroatoms. The normalized spacial score (nSPS) is 18.8. The highest BCUT2D eigenvalue weighted by Crippen LogP contribution is 2.34. The Kier molecular flexibility index (Phi) is 5.94. The first-order valence-electron chi connectivity index (χ1n) is 9.82. The predicted molar refractivity (Wildman–Crippen MR) is 114 cm³/mol. The van der Waals surface area contributed by atoms with Crippen molar-refractivity contribution in [3.63, 3.8) is 0 Å². The molecule has 1 saturated carbocycles. The summed E-state index contributed by atoms with van der Waals surface area (Å²) in [5, 5.41) is 9.61. The number of thioether (sulfide) groups is 1. The van der Waals surface area contributed by atoms with Crippen molar-refractivity contribution in [2.75, 3.05) is 6.26 Å². The Labute approximate surface area is 174 Å². The van der Waals surface area contributed by atoms with Crippen molar-refractivity contribution >= 4 is 11.8 Å². The van der Waals surface area contributed by atoms with E-state index in [1.165, 1.54) is 42.2 Å². The highest BCUT2D eigenvalue weighted by molar-refractivity contribution is 7.98. The first-order chi connectivity index (χ1) is 14.1. The molecule has 4 rings (SSSR count). The Morgan fingerprint density at radius 2 is 1.79 bits per heavy atom. The average molecular weight is 409 g/mol. The van der Waals surface area contributed by atoms with E-state index in [0.29, 0.717) is 17.5 Å². The van der Waals surface area contributed by atoms with Crippen LogP contribution in [0.2, 0.25) is 0 Å². The number of pyridine rings is 2. The Morgan fingerprint density at radius 1 is 1.03 bits per heavy atom. The molecule has 3 aromatic rings. The molecule has 0 saturated heterocycles. The lowest BCUT2D eigenvalue weighted by molar-refractivity contribution is 0.470. The van der Waals surface area contributed by atoms with E-state index in [0.717, 1.165) is 29.3 Å². The number of nitrogens with zero attached hydrogens (tertiary/aromatic N) is 4. The Morgan fingerprint density at radius 3 is 2.48 bits per heavy atom. The van der Waals surface area contributed by atoms with Gasteiger partial charge in [-0.25, -0.2) is 9.97 Å². The Hall–Kier alpha value is -2.67. The van der Waals surface area contributed by atoms with Crippen molar-refractivity contribution in [3.05, 3.63) is 70.9 Å². The molecule has 0 aromatic carbocycles.